The van der Waals surface area contributed by atoms with E-state index in [0.717, 1.165) is 16.7 Å². The van der Waals surface area contributed by atoms with E-state index in [4.69, 9.17) is 19.9 Å². The summed E-state index contributed by atoms with van der Waals surface area (Å²) >= 11 is 0. The SMILES string of the molecule is NC(=O)[C@H](Cc1ccc(OCc2ccccc2)c(OCc2ccccc2)c1)NC(=O)[C@@H]1CCOC1. The van der Waals surface area contributed by atoms with E-state index in [2.05, 4.69) is 5.32 Å². The van der Waals surface area contributed by atoms with Gasteiger partial charge >= 0.3 is 0 Å². The van der Waals surface area contributed by atoms with Crippen molar-refractivity contribution < 1.29 is 23.8 Å². The molecule has 2 amide bonds. The number of ether oxygens (including phenoxy) is 3. The average molecular weight is 475 g/mol. The first kappa shape index (κ1) is 24.3. The molecule has 0 bridgehead atoms. The number of hydrogen-bond acceptors (Lipinski definition) is 5. The molecule has 0 saturated carbocycles. The zero-order valence-corrected chi connectivity index (χ0v) is 19.5. The molecule has 7 heteroatoms. The Balaban J connectivity index is 1.49. The predicted octanol–water partition coefficient (Wildman–Crippen LogP) is 3.39. The second-order valence-corrected chi connectivity index (χ2v) is 8.56. The summed E-state index contributed by atoms with van der Waals surface area (Å²) in [5.41, 5.74) is 8.46. The van der Waals surface area contributed by atoms with Crippen LogP contribution in [0.4, 0.5) is 0 Å². The first-order chi connectivity index (χ1) is 17.1. The van der Waals surface area contributed by atoms with Crippen molar-refractivity contribution in [2.24, 2.45) is 11.7 Å². The molecule has 3 aromatic carbocycles. The second-order valence-electron chi connectivity index (χ2n) is 8.56. The third kappa shape index (κ3) is 7.07. The maximum Gasteiger partial charge on any atom is 0.240 e. The Morgan fingerprint density at radius 2 is 1.51 bits per heavy atom. The number of benzene rings is 3. The lowest BCUT2D eigenvalue weighted by molar-refractivity contribution is -0.129. The van der Waals surface area contributed by atoms with Crippen molar-refractivity contribution in [2.75, 3.05) is 13.2 Å². The lowest BCUT2D eigenvalue weighted by atomic mass is 10.0. The Bertz CT molecular complexity index is 1110. The number of primary amides is 1. The van der Waals surface area contributed by atoms with Gasteiger partial charge < -0.3 is 25.3 Å². The molecule has 1 heterocycles. The minimum atomic E-state index is -0.832. The van der Waals surface area contributed by atoms with Gasteiger partial charge in [0.2, 0.25) is 11.8 Å². The molecule has 1 fully saturated rings. The molecule has 3 N–H and O–H groups in total. The molecule has 1 aliphatic heterocycles. The first-order valence-electron chi connectivity index (χ1n) is 11.7. The predicted molar refractivity (Wildman–Crippen MR) is 132 cm³/mol. The smallest absolute Gasteiger partial charge is 0.240 e. The van der Waals surface area contributed by atoms with Gasteiger partial charge in [-0.25, -0.2) is 0 Å². The van der Waals surface area contributed by atoms with Gasteiger partial charge in [0, 0.05) is 13.0 Å². The van der Waals surface area contributed by atoms with Crippen LogP contribution in [0, 0.1) is 5.92 Å². The number of carbonyl (C=O) groups excluding carboxylic acids is 2. The van der Waals surface area contributed by atoms with Gasteiger partial charge in [0.1, 0.15) is 19.3 Å². The molecule has 4 rings (SSSR count). The molecule has 1 aliphatic rings. The fourth-order valence-electron chi connectivity index (χ4n) is 3.87. The number of nitrogens with one attached hydrogen (secondary N) is 1. The Kier molecular flexibility index (Phi) is 8.35. The third-order valence-corrected chi connectivity index (χ3v) is 5.88. The standard InChI is InChI=1S/C28H30N2O5/c29-27(31)24(30-28(32)23-13-14-33-19-23)15-22-11-12-25(34-17-20-7-3-1-4-8-20)26(16-22)35-18-21-9-5-2-6-10-21/h1-12,16,23-24H,13-15,17-19H2,(H2,29,31)(H,30,32)/t23-,24+/m1/s1. The van der Waals surface area contributed by atoms with Crippen molar-refractivity contribution in [3.63, 3.8) is 0 Å². The van der Waals surface area contributed by atoms with Gasteiger partial charge in [-0.15, -0.1) is 0 Å². The summed E-state index contributed by atoms with van der Waals surface area (Å²) in [5, 5.41) is 2.78. The molecule has 1 saturated heterocycles. The van der Waals surface area contributed by atoms with Crippen LogP contribution in [0.25, 0.3) is 0 Å². The van der Waals surface area contributed by atoms with Crippen LogP contribution in [0.2, 0.25) is 0 Å². The maximum atomic E-state index is 12.5. The highest BCUT2D eigenvalue weighted by atomic mass is 16.5. The van der Waals surface area contributed by atoms with Crippen LogP contribution >= 0.6 is 0 Å². The van der Waals surface area contributed by atoms with Crippen LogP contribution in [0.5, 0.6) is 11.5 Å². The maximum absolute atomic E-state index is 12.5. The van der Waals surface area contributed by atoms with E-state index in [1.807, 2.05) is 78.9 Å². The fourth-order valence-corrected chi connectivity index (χ4v) is 3.87. The van der Waals surface area contributed by atoms with Crippen molar-refractivity contribution >= 4 is 11.8 Å². The van der Waals surface area contributed by atoms with Crippen molar-refractivity contribution in [3.05, 3.63) is 95.6 Å². The molecule has 35 heavy (non-hydrogen) atoms. The lowest BCUT2D eigenvalue weighted by Gasteiger charge is -2.19. The third-order valence-electron chi connectivity index (χ3n) is 5.88. The van der Waals surface area contributed by atoms with Crippen LogP contribution in [0.15, 0.2) is 78.9 Å². The monoisotopic (exact) mass is 474 g/mol. The van der Waals surface area contributed by atoms with Gasteiger partial charge in [0.15, 0.2) is 11.5 Å². The van der Waals surface area contributed by atoms with E-state index in [1.165, 1.54) is 0 Å². The normalized spacial score (nSPS) is 15.8. The van der Waals surface area contributed by atoms with E-state index in [9.17, 15) is 9.59 Å². The van der Waals surface area contributed by atoms with Crippen molar-refractivity contribution in [3.8, 4) is 11.5 Å². The number of carbonyl (C=O) groups is 2. The summed E-state index contributed by atoms with van der Waals surface area (Å²) < 4.78 is 17.4. The zero-order chi connectivity index (χ0) is 24.5. The summed E-state index contributed by atoms with van der Waals surface area (Å²) in [7, 11) is 0. The van der Waals surface area contributed by atoms with E-state index in [0.29, 0.717) is 44.3 Å². The summed E-state index contributed by atoms with van der Waals surface area (Å²) in [4.78, 5) is 24.6. The number of rotatable bonds is 11. The van der Waals surface area contributed by atoms with Gasteiger partial charge in [-0.1, -0.05) is 66.7 Å². The minimum Gasteiger partial charge on any atom is -0.485 e. The van der Waals surface area contributed by atoms with Crippen LogP contribution in [-0.4, -0.2) is 31.1 Å². The van der Waals surface area contributed by atoms with E-state index in [-0.39, 0.29) is 18.2 Å². The summed E-state index contributed by atoms with van der Waals surface area (Å²) in [6.07, 6.45) is 0.886. The summed E-state index contributed by atoms with van der Waals surface area (Å²) in [5.74, 6) is 0.0933. The van der Waals surface area contributed by atoms with Gasteiger partial charge in [0.05, 0.1) is 12.5 Å². The minimum absolute atomic E-state index is 0.213. The number of hydrogen-bond donors (Lipinski definition) is 2. The fraction of sp³-hybridized carbons (Fsp3) is 0.286. The van der Waals surface area contributed by atoms with Crippen LogP contribution in [0.1, 0.15) is 23.1 Å². The van der Waals surface area contributed by atoms with Crippen LogP contribution in [0.3, 0.4) is 0 Å². The molecular weight excluding hydrogens is 444 g/mol. The van der Waals surface area contributed by atoms with E-state index >= 15 is 0 Å². The van der Waals surface area contributed by atoms with Gasteiger partial charge in [-0.3, -0.25) is 9.59 Å². The van der Waals surface area contributed by atoms with Crippen LogP contribution < -0.4 is 20.5 Å². The highest BCUT2D eigenvalue weighted by Gasteiger charge is 2.27. The van der Waals surface area contributed by atoms with Crippen LogP contribution in [-0.2, 0) is 34.0 Å². The first-order valence-corrected chi connectivity index (χ1v) is 11.7. The van der Waals surface area contributed by atoms with Gasteiger partial charge in [-0.2, -0.15) is 0 Å². The number of nitrogens with two attached hydrogens (primary N) is 1. The second kappa shape index (κ2) is 12.0. The molecule has 3 aromatic rings. The Morgan fingerprint density at radius 3 is 2.09 bits per heavy atom. The largest absolute Gasteiger partial charge is 0.485 e. The average Bonchev–Trinajstić information content (AvgIpc) is 3.43. The molecule has 0 spiro atoms. The Labute approximate surface area is 205 Å². The Morgan fingerprint density at radius 1 is 0.886 bits per heavy atom. The topological polar surface area (TPSA) is 99.9 Å². The van der Waals surface area contributed by atoms with Crippen molar-refractivity contribution in [1.82, 2.24) is 5.32 Å². The molecule has 0 radical (unpaired) electrons. The van der Waals surface area contributed by atoms with Gasteiger partial charge in [-0.05, 0) is 35.2 Å². The molecule has 7 nitrogen and oxygen atoms in total. The Hall–Kier alpha value is -3.84. The highest BCUT2D eigenvalue weighted by molar-refractivity contribution is 5.88. The highest BCUT2D eigenvalue weighted by Crippen LogP contribution is 2.30. The molecule has 2 atom stereocenters. The summed E-state index contributed by atoms with van der Waals surface area (Å²) in [6.45, 7) is 1.67. The van der Waals surface area contributed by atoms with E-state index in [1.54, 1.807) is 0 Å². The molecule has 0 unspecified atom stereocenters. The van der Waals surface area contributed by atoms with Crippen molar-refractivity contribution in [1.29, 1.82) is 0 Å². The molecule has 182 valence electrons. The lowest BCUT2D eigenvalue weighted by Crippen LogP contribution is -2.48. The zero-order valence-electron chi connectivity index (χ0n) is 19.5. The quantitative estimate of drug-likeness (QED) is 0.444. The molecule has 0 aromatic heterocycles. The van der Waals surface area contributed by atoms with Crippen molar-refractivity contribution in [2.45, 2.75) is 32.1 Å². The number of amides is 2. The van der Waals surface area contributed by atoms with Gasteiger partial charge in [0.25, 0.3) is 0 Å². The van der Waals surface area contributed by atoms with E-state index < -0.39 is 11.9 Å². The molecule has 0 aliphatic carbocycles. The summed E-state index contributed by atoms with van der Waals surface area (Å²) in [6, 6.07) is 24.4. The molecular formula is C28H30N2O5.